The first kappa shape index (κ1) is 15.8. The lowest BCUT2D eigenvalue weighted by molar-refractivity contribution is 1.23. The number of hydrogen-bond donors (Lipinski definition) is 0. The average Bonchev–Trinajstić information content (AvgIpc) is 3.02. The van der Waals surface area contributed by atoms with Gasteiger partial charge in [-0.1, -0.05) is 54.6 Å². The normalized spacial score (nSPS) is 11.7. The maximum absolute atomic E-state index is 5.03. The van der Waals surface area contributed by atoms with E-state index in [-0.39, 0.29) is 0 Å². The minimum absolute atomic E-state index is 1.03. The van der Waals surface area contributed by atoms with Crippen LogP contribution in [-0.2, 0) is 0 Å². The van der Waals surface area contributed by atoms with Crippen LogP contribution in [0.5, 0.6) is 0 Å². The average molecular weight is 448 g/mol. The summed E-state index contributed by atoms with van der Waals surface area (Å²) in [5.74, 6) is 0. The minimum atomic E-state index is 1.03. The van der Waals surface area contributed by atoms with E-state index in [4.69, 9.17) is 4.98 Å². The Morgan fingerprint density at radius 1 is 0.808 bits per heavy atom. The first-order valence-corrected chi connectivity index (χ1v) is 9.78. The fraction of sp³-hybridized carbons (Fsp3) is 0.0870. The molecular weight excluding hydrogens is 431 g/mol. The zero-order valence-electron chi connectivity index (χ0n) is 14.6. The zero-order chi connectivity index (χ0) is 17.8. The molecule has 0 bridgehead atoms. The van der Waals surface area contributed by atoms with Crippen molar-refractivity contribution in [2.24, 2.45) is 0 Å². The van der Waals surface area contributed by atoms with Gasteiger partial charge in [-0.15, -0.1) is 0 Å². The van der Waals surface area contributed by atoms with Gasteiger partial charge < -0.3 is 0 Å². The van der Waals surface area contributed by atoms with Crippen molar-refractivity contribution >= 4 is 50.0 Å². The molecule has 0 aliphatic heterocycles. The molecule has 0 fully saturated rings. The summed E-state index contributed by atoms with van der Waals surface area (Å²) >= 11 is 2.49. The molecular formula is C23H17IN2. The Morgan fingerprint density at radius 3 is 2.23 bits per heavy atom. The predicted octanol–water partition coefficient (Wildman–Crippen LogP) is 6.53. The fourth-order valence-electron chi connectivity index (χ4n) is 3.69. The second-order valence-electron chi connectivity index (χ2n) is 6.77. The van der Waals surface area contributed by atoms with Gasteiger partial charge in [-0.25, -0.2) is 4.98 Å². The molecule has 3 aromatic carbocycles. The molecule has 0 amide bonds. The van der Waals surface area contributed by atoms with Gasteiger partial charge in [0.25, 0.3) is 0 Å². The Kier molecular flexibility index (Phi) is 3.54. The molecule has 5 aromatic rings. The van der Waals surface area contributed by atoms with E-state index in [1.54, 1.807) is 0 Å². The topological polar surface area (TPSA) is 17.3 Å². The Morgan fingerprint density at radius 2 is 1.46 bits per heavy atom. The lowest BCUT2D eigenvalue weighted by Crippen LogP contribution is -1.98. The van der Waals surface area contributed by atoms with Gasteiger partial charge in [-0.2, -0.15) is 0 Å². The molecule has 0 aliphatic carbocycles. The van der Waals surface area contributed by atoms with Crippen molar-refractivity contribution in [3.8, 4) is 11.3 Å². The number of imidazole rings is 1. The number of rotatable bonds is 1. The molecule has 0 aliphatic rings. The molecule has 0 saturated carbocycles. The Labute approximate surface area is 165 Å². The summed E-state index contributed by atoms with van der Waals surface area (Å²) < 4.78 is 3.59. The zero-order valence-corrected chi connectivity index (χ0v) is 16.8. The Hall–Kier alpha value is -2.40. The summed E-state index contributed by atoms with van der Waals surface area (Å²) in [6.45, 7) is 4.32. The van der Waals surface area contributed by atoms with Crippen LogP contribution in [0.25, 0.3) is 38.7 Å². The predicted molar refractivity (Wildman–Crippen MR) is 118 cm³/mol. The molecule has 0 N–H and O–H groups in total. The van der Waals surface area contributed by atoms with Crippen LogP contribution < -0.4 is 0 Å². The van der Waals surface area contributed by atoms with Crippen LogP contribution in [0.15, 0.2) is 66.7 Å². The fourth-order valence-corrected chi connectivity index (χ4v) is 4.71. The monoisotopic (exact) mass is 448 g/mol. The maximum Gasteiger partial charge on any atom is 0.146 e. The van der Waals surface area contributed by atoms with E-state index >= 15 is 0 Å². The Bertz CT molecular complexity index is 1300. The van der Waals surface area contributed by atoms with Crippen LogP contribution in [0, 0.1) is 17.4 Å². The summed E-state index contributed by atoms with van der Waals surface area (Å²) in [6.07, 6.45) is 0. The quantitative estimate of drug-likeness (QED) is 0.267. The van der Waals surface area contributed by atoms with Crippen molar-refractivity contribution in [2.75, 3.05) is 0 Å². The third-order valence-electron chi connectivity index (χ3n) is 5.15. The van der Waals surface area contributed by atoms with Crippen LogP contribution in [0.4, 0.5) is 0 Å². The second-order valence-corrected chi connectivity index (χ2v) is 7.85. The Balaban J connectivity index is 2.10. The number of hydrogen-bond acceptors (Lipinski definition) is 1. The molecule has 0 radical (unpaired) electrons. The van der Waals surface area contributed by atoms with Crippen molar-refractivity contribution in [2.45, 2.75) is 13.8 Å². The smallest absolute Gasteiger partial charge is 0.146 e. The van der Waals surface area contributed by atoms with Crippen molar-refractivity contribution in [3.63, 3.8) is 0 Å². The second kappa shape index (κ2) is 5.81. The molecule has 126 valence electrons. The molecule has 2 heterocycles. The van der Waals surface area contributed by atoms with Crippen LogP contribution in [0.2, 0.25) is 0 Å². The van der Waals surface area contributed by atoms with E-state index in [0.717, 1.165) is 11.2 Å². The van der Waals surface area contributed by atoms with Crippen LogP contribution >= 0.6 is 22.6 Å². The van der Waals surface area contributed by atoms with Crippen molar-refractivity contribution in [1.82, 2.24) is 9.38 Å². The molecule has 0 spiro atoms. The van der Waals surface area contributed by atoms with Gasteiger partial charge in [0.1, 0.15) is 5.65 Å². The first-order chi connectivity index (χ1) is 12.6. The van der Waals surface area contributed by atoms with Crippen LogP contribution in [-0.4, -0.2) is 9.38 Å². The molecule has 3 heteroatoms. The van der Waals surface area contributed by atoms with Gasteiger partial charge in [-0.3, -0.25) is 4.40 Å². The lowest BCUT2D eigenvalue weighted by Gasteiger charge is -2.13. The van der Waals surface area contributed by atoms with Gasteiger partial charge >= 0.3 is 0 Å². The summed E-state index contributed by atoms with van der Waals surface area (Å²) in [5, 5.41) is 2.45. The van der Waals surface area contributed by atoms with Gasteiger partial charge in [0, 0.05) is 14.3 Å². The van der Waals surface area contributed by atoms with Gasteiger partial charge in [0.05, 0.1) is 16.7 Å². The summed E-state index contributed by atoms with van der Waals surface area (Å²) in [6, 6.07) is 23.7. The maximum atomic E-state index is 5.03. The SMILES string of the molecule is Cc1cc2nc3c4ccccc4c(I)c(-c4ccccc4)n3c2cc1C. The van der Waals surface area contributed by atoms with E-state index in [2.05, 4.69) is 108 Å². The molecule has 2 aromatic heterocycles. The highest BCUT2D eigenvalue weighted by molar-refractivity contribution is 14.1. The molecule has 0 atom stereocenters. The molecule has 5 rings (SSSR count). The molecule has 0 unspecified atom stereocenters. The molecule has 0 saturated heterocycles. The molecule has 2 nitrogen and oxygen atoms in total. The van der Waals surface area contributed by atoms with Crippen molar-refractivity contribution < 1.29 is 0 Å². The number of aromatic nitrogens is 2. The highest BCUT2D eigenvalue weighted by atomic mass is 127. The van der Waals surface area contributed by atoms with E-state index in [1.807, 2.05) is 0 Å². The van der Waals surface area contributed by atoms with Gasteiger partial charge in [0.2, 0.25) is 0 Å². The number of pyridine rings is 1. The number of halogens is 1. The third-order valence-corrected chi connectivity index (χ3v) is 6.25. The van der Waals surface area contributed by atoms with Crippen molar-refractivity contribution in [3.05, 3.63) is 81.4 Å². The summed E-state index contributed by atoms with van der Waals surface area (Å²) in [4.78, 5) is 5.03. The number of benzene rings is 3. The van der Waals surface area contributed by atoms with Crippen LogP contribution in [0.3, 0.4) is 0 Å². The van der Waals surface area contributed by atoms with E-state index in [0.29, 0.717) is 0 Å². The van der Waals surface area contributed by atoms with Gasteiger partial charge in [-0.05, 0) is 65.3 Å². The van der Waals surface area contributed by atoms with Crippen LogP contribution in [0.1, 0.15) is 11.1 Å². The van der Waals surface area contributed by atoms with Crippen molar-refractivity contribution in [1.29, 1.82) is 0 Å². The highest BCUT2D eigenvalue weighted by Crippen LogP contribution is 2.36. The number of aryl methyl sites for hydroxylation is 2. The summed E-state index contributed by atoms with van der Waals surface area (Å²) in [5.41, 5.74) is 8.25. The summed E-state index contributed by atoms with van der Waals surface area (Å²) in [7, 11) is 0. The standard InChI is InChI=1S/C23H17IN2/c1-14-12-19-20(13-15(14)2)26-22(16-8-4-3-5-9-16)21(24)17-10-6-7-11-18(17)23(26)25-19/h3-13H,1-2H3. The first-order valence-electron chi connectivity index (χ1n) is 8.70. The minimum Gasteiger partial charge on any atom is -0.291 e. The van der Waals surface area contributed by atoms with Gasteiger partial charge in [0.15, 0.2) is 0 Å². The lowest BCUT2D eigenvalue weighted by atomic mass is 10.1. The highest BCUT2D eigenvalue weighted by Gasteiger charge is 2.18. The van der Waals surface area contributed by atoms with E-state index in [9.17, 15) is 0 Å². The molecule has 26 heavy (non-hydrogen) atoms. The number of nitrogens with zero attached hydrogens (tertiary/aromatic N) is 2. The largest absolute Gasteiger partial charge is 0.291 e. The van der Waals surface area contributed by atoms with E-state index < -0.39 is 0 Å². The van der Waals surface area contributed by atoms with E-state index in [1.165, 1.54) is 42.2 Å². The third kappa shape index (κ3) is 2.20. The number of fused-ring (bicyclic) bond motifs is 5.